The summed E-state index contributed by atoms with van der Waals surface area (Å²) in [5, 5.41) is 14.1. The van der Waals surface area contributed by atoms with E-state index in [1.807, 2.05) is 6.92 Å². The highest BCUT2D eigenvalue weighted by Gasteiger charge is 2.28. The summed E-state index contributed by atoms with van der Waals surface area (Å²) in [6.45, 7) is 9.18. The third-order valence-corrected chi connectivity index (χ3v) is 4.52. The molecule has 0 amide bonds. The third kappa shape index (κ3) is 5.03. The van der Waals surface area contributed by atoms with Gasteiger partial charge in [-0.1, -0.05) is 19.8 Å². The highest BCUT2D eigenvalue weighted by molar-refractivity contribution is 4.85. The van der Waals surface area contributed by atoms with Gasteiger partial charge in [-0.25, -0.2) is 0 Å². The molecule has 1 aliphatic carbocycles. The second kappa shape index (κ2) is 7.02. The first-order valence-electron chi connectivity index (χ1n) is 7.83. The Morgan fingerprint density at radius 3 is 2.63 bits per heavy atom. The fraction of sp³-hybridized carbons (Fsp3) is 1.00. The third-order valence-electron chi connectivity index (χ3n) is 4.52. The van der Waals surface area contributed by atoms with Gasteiger partial charge in [0.1, 0.15) is 0 Å². The minimum Gasteiger partial charge on any atom is -0.388 e. The molecular weight excluding hydrogens is 240 g/mol. The molecule has 0 radical (unpaired) electrons. The van der Waals surface area contributed by atoms with Crippen molar-refractivity contribution in [1.29, 1.82) is 0 Å². The van der Waals surface area contributed by atoms with Crippen LogP contribution in [-0.4, -0.2) is 61.0 Å². The van der Waals surface area contributed by atoms with Crippen LogP contribution in [0.3, 0.4) is 0 Å². The zero-order valence-electron chi connectivity index (χ0n) is 12.5. The summed E-state index contributed by atoms with van der Waals surface area (Å²) < 4.78 is 5.34. The lowest BCUT2D eigenvalue weighted by Crippen LogP contribution is -2.53. The highest BCUT2D eigenvalue weighted by atomic mass is 16.5. The van der Waals surface area contributed by atoms with Gasteiger partial charge < -0.3 is 15.2 Å². The Morgan fingerprint density at radius 1 is 1.26 bits per heavy atom. The van der Waals surface area contributed by atoms with E-state index in [9.17, 15) is 5.11 Å². The summed E-state index contributed by atoms with van der Waals surface area (Å²) in [5.41, 5.74) is -0.644. The van der Waals surface area contributed by atoms with Crippen LogP contribution in [-0.2, 0) is 4.74 Å². The molecule has 0 aromatic carbocycles. The van der Waals surface area contributed by atoms with Crippen molar-refractivity contribution in [2.45, 2.75) is 51.2 Å². The second-order valence-corrected chi connectivity index (χ2v) is 6.63. The molecule has 112 valence electrons. The van der Waals surface area contributed by atoms with E-state index in [4.69, 9.17) is 4.74 Å². The Bertz CT molecular complexity index is 265. The van der Waals surface area contributed by atoms with E-state index in [1.165, 1.54) is 25.7 Å². The van der Waals surface area contributed by atoms with Gasteiger partial charge in [0.25, 0.3) is 0 Å². The maximum Gasteiger partial charge on any atom is 0.0869 e. The number of β-amino-alcohol motifs (C(OH)–C–C–N with tert-alkyl or cyclic N) is 1. The van der Waals surface area contributed by atoms with Crippen molar-refractivity contribution in [3.05, 3.63) is 0 Å². The van der Waals surface area contributed by atoms with Crippen molar-refractivity contribution in [3.8, 4) is 0 Å². The summed E-state index contributed by atoms with van der Waals surface area (Å²) in [6.07, 6.45) is 5.27. The van der Waals surface area contributed by atoms with Crippen LogP contribution in [0.5, 0.6) is 0 Å². The zero-order valence-corrected chi connectivity index (χ0v) is 12.5. The van der Waals surface area contributed by atoms with Gasteiger partial charge in [0.05, 0.1) is 18.8 Å². The molecule has 1 saturated heterocycles. The maximum atomic E-state index is 10.5. The van der Waals surface area contributed by atoms with E-state index in [2.05, 4.69) is 17.1 Å². The second-order valence-electron chi connectivity index (χ2n) is 6.63. The fourth-order valence-electron chi connectivity index (χ4n) is 3.27. The Hall–Kier alpha value is -0.160. The van der Waals surface area contributed by atoms with E-state index in [-0.39, 0.29) is 0 Å². The Labute approximate surface area is 117 Å². The van der Waals surface area contributed by atoms with Crippen LogP contribution in [0.2, 0.25) is 0 Å². The number of nitrogens with one attached hydrogen (secondary N) is 1. The average Bonchev–Trinajstić information content (AvgIpc) is 2.38. The smallest absolute Gasteiger partial charge is 0.0869 e. The first kappa shape index (κ1) is 15.2. The number of morpholine rings is 1. The van der Waals surface area contributed by atoms with Crippen LogP contribution >= 0.6 is 0 Å². The van der Waals surface area contributed by atoms with Crippen LogP contribution in [0.25, 0.3) is 0 Å². The standard InChI is InChI=1S/C15H30N2O2/c1-13-5-3-4-6-14(13)16-11-15(2,18)12-17-7-9-19-10-8-17/h13-14,16,18H,3-12H2,1-2H3. The monoisotopic (exact) mass is 270 g/mol. The molecule has 3 atom stereocenters. The largest absolute Gasteiger partial charge is 0.388 e. The van der Waals surface area contributed by atoms with Gasteiger partial charge in [-0.2, -0.15) is 0 Å². The van der Waals surface area contributed by atoms with Crippen molar-refractivity contribution in [3.63, 3.8) is 0 Å². The molecule has 19 heavy (non-hydrogen) atoms. The minimum absolute atomic E-state index is 0.588. The predicted octanol–water partition coefficient (Wildman–Crippen LogP) is 1.24. The normalized spacial score (nSPS) is 33.0. The van der Waals surface area contributed by atoms with Gasteiger partial charge in [0.15, 0.2) is 0 Å². The van der Waals surface area contributed by atoms with Gasteiger partial charge >= 0.3 is 0 Å². The van der Waals surface area contributed by atoms with Crippen LogP contribution in [0.1, 0.15) is 39.5 Å². The molecule has 2 rings (SSSR count). The Kier molecular flexibility index (Phi) is 5.63. The molecule has 0 aromatic rings. The first-order valence-corrected chi connectivity index (χ1v) is 7.83. The van der Waals surface area contributed by atoms with Crippen molar-refractivity contribution in [2.75, 3.05) is 39.4 Å². The van der Waals surface area contributed by atoms with Crippen LogP contribution in [0.15, 0.2) is 0 Å². The van der Waals surface area contributed by atoms with E-state index in [0.717, 1.165) is 38.8 Å². The number of hydrogen-bond donors (Lipinski definition) is 2. The molecule has 4 heteroatoms. The Morgan fingerprint density at radius 2 is 1.95 bits per heavy atom. The molecule has 0 aromatic heterocycles. The maximum absolute atomic E-state index is 10.5. The first-order chi connectivity index (χ1) is 9.07. The van der Waals surface area contributed by atoms with Crippen LogP contribution in [0, 0.1) is 5.92 Å². The molecule has 0 bridgehead atoms. The molecule has 2 aliphatic rings. The van der Waals surface area contributed by atoms with Gasteiger partial charge in [0.2, 0.25) is 0 Å². The van der Waals surface area contributed by atoms with Crippen molar-refractivity contribution >= 4 is 0 Å². The molecule has 4 nitrogen and oxygen atoms in total. The van der Waals surface area contributed by atoms with Gasteiger partial charge in [-0.15, -0.1) is 0 Å². The number of nitrogens with zero attached hydrogens (tertiary/aromatic N) is 1. The van der Waals surface area contributed by atoms with Crippen molar-refractivity contribution in [1.82, 2.24) is 10.2 Å². The topological polar surface area (TPSA) is 44.7 Å². The highest BCUT2D eigenvalue weighted by Crippen LogP contribution is 2.24. The lowest BCUT2D eigenvalue weighted by molar-refractivity contribution is -0.0239. The van der Waals surface area contributed by atoms with E-state index in [1.54, 1.807) is 0 Å². The van der Waals surface area contributed by atoms with Crippen molar-refractivity contribution in [2.24, 2.45) is 5.92 Å². The van der Waals surface area contributed by atoms with Crippen LogP contribution in [0.4, 0.5) is 0 Å². The van der Waals surface area contributed by atoms with Gasteiger partial charge in [-0.05, 0) is 25.7 Å². The summed E-state index contributed by atoms with van der Waals surface area (Å²) >= 11 is 0. The average molecular weight is 270 g/mol. The lowest BCUT2D eigenvalue weighted by atomic mass is 9.85. The summed E-state index contributed by atoms with van der Waals surface area (Å²) in [7, 11) is 0. The molecule has 2 N–H and O–H groups in total. The number of ether oxygens (including phenoxy) is 1. The van der Waals surface area contributed by atoms with E-state index < -0.39 is 5.60 Å². The van der Waals surface area contributed by atoms with Gasteiger partial charge in [0, 0.05) is 32.2 Å². The van der Waals surface area contributed by atoms with Crippen molar-refractivity contribution < 1.29 is 9.84 Å². The van der Waals surface area contributed by atoms with E-state index >= 15 is 0 Å². The quantitative estimate of drug-likeness (QED) is 0.789. The molecular formula is C15H30N2O2. The number of hydrogen-bond acceptors (Lipinski definition) is 4. The van der Waals surface area contributed by atoms with Gasteiger partial charge in [-0.3, -0.25) is 4.90 Å². The number of aliphatic hydroxyl groups is 1. The lowest BCUT2D eigenvalue weighted by Gasteiger charge is -2.36. The van der Waals surface area contributed by atoms with E-state index in [0.29, 0.717) is 12.6 Å². The fourth-order valence-corrected chi connectivity index (χ4v) is 3.27. The SMILES string of the molecule is CC1CCCCC1NCC(C)(O)CN1CCOCC1. The minimum atomic E-state index is -0.644. The zero-order chi connectivity index (χ0) is 13.7. The molecule has 2 fully saturated rings. The summed E-state index contributed by atoms with van der Waals surface area (Å²) in [5.74, 6) is 0.743. The predicted molar refractivity (Wildman–Crippen MR) is 77.3 cm³/mol. The molecule has 1 saturated carbocycles. The molecule has 1 heterocycles. The summed E-state index contributed by atoms with van der Waals surface area (Å²) in [6, 6.07) is 0.588. The molecule has 3 unspecified atom stereocenters. The molecule has 0 spiro atoms. The Balaban J connectivity index is 1.73. The number of rotatable bonds is 5. The molecule has 1 aliphatic heterocycles. The van der Waals surface area contributed by atoms with Crippen LogP contribution < -0.4 is 5.32 Å². The summed E-state index contributed by atoms with van der Waals surface area (Å²) in [4.78, 5) is 2.30.